The Labute approximate surface area is 207 Å². The Morgan fingerprint density at radius 1 is 1.06 bits per heavy atom. The molecule has 0 aliphatic heterocycles. The van der Waals surface area contributed by atoms with Crippen molar-refractivity contribution in [1.82, 2.24) is 4.31 Å². The highest BCUT2D eigenvalue weighted by Crippen LogP contribution is 2.27. The molecule has 0 saturated heterocycles. The van der Waals surface area contributed by atoms with Crippen LogP contribution in [0.15, 0.2) is 65.6 Å². The van der Waals surface area contributed by atoms with Crippen LogP contribution >= 0.6 is 23.2 Å². The fraction of sp³-hybridized carbons (Fsp3) is 0.174. The number of nitro groups is 1. The molecule has 178 valence electrons. The van der Waals surface area contributed by atoms with Crippen LogP contribution in [-0.2, 0) is 21.4 Å². The molecule has 0 unspecified atom stereocenters. The summed E-state index contributed by atoms with van der Waals surface area (Å²) in [5.41, 5.74) is 1.66. The van der Waals surface area contributed by atoms with Gasteiger partial charge in [-0.05, 0) is 49.7 Å². The van der Waals surface area contributed by atoms with Crippen LogP contribution in [0, 0.1) is 24.0 Å². The smallest absolute Gasteiger partial charge is 0.274 e. The molecule has 0 spiro atoms. The predicted octanol–water partition coefficient (Wildman–Crippen LogP) is 5.35. The van der Waals surface area contributed by atoms with Gasteiger partial charge in [0.15, 0.2) is 0 Å². The first kappa shape index (κ1) is 25.6. The first-order valence-corrected chi connectivity index (χ1v) is 12.2. The van der Waals surface area contributed by atoms with Crippen LogP contribution in [0.3, 0.4) is 0 Å². The molecular weight excluding hydrogens is 501 g/mol. The van der Waals surface area contributed by atoms with Gasteiger partial charge in [-0.15, -0.1) is 0 Å². The van der Waals surface area contributed by atoms with Crippen molar-refractivity contribution in [2.24, 2.45) is 0 Å². The molecule has 3 rings (SSSR count). The molecule has 8 nitrogen and oxygen atoms in total. The van der Waals surface area contributed by atoms with E-state index in [1.807, 2.05) is 6.92 Å². The first-order chi connectivity index (χ1) is 16.0. The summed E-state index contributed by atoms with van der Waals surface area (Å²) in [6.45, 7) is 2.60. The van der Waals surface area contributed by atoms with Crippen LogP contribution in [0.5, 0.6) is 0 Å². The number of carbonyl (C=O) groups excluding carboxylic acids is 1. The number of nitrogens with zero attached hydrogens (tertiary/aromatic N) is 2. The molecular formula is C23H21Cl2N3O5S. The lowest BCUT2D eigenvalue weighted by Crippen LogP contribution is -2.37. The highest BCUT2D eigenvalue weighted by Gasteiger charge is 2.28. The maximum atomic E-state index is 13.4. The maximum Gasteiger partial charge on any atom is 0.274 e. The van der Waals surface area contributed by atoms with Crippen molar-refractivity contribution in [1.29, 1.82) is 0 Å². The van der Waals surface area contributed by atoms with Gasteiger partial charge >= 0.3 is 0 Å². The summed E-state index contributed by atoms with van der Waals surface area (Å²) in [5, 5.41) is 14.4. The monoisotopic (exact) mass is 521 g/mol. The van der Waals surface area contributed by atoms with E-state index in [1.165, 1.54) is 43.3 Å². The normalized spacial score (nSPS) is 11.4. The van der Waals surface area contributed by atoms with E-state index >= 15 is 0 Å². The quantitative estimate of drug-likeness (QED) is 0.317. The van der Waals surface area contributed by atoms with E-state index in [0.29, 0.717) is 10.6 Å². The van der Waals surface area contributed by atoms with Gasteiger partial charge < -0.3 is 5.32 Å². The van der Waals surface area contributed by atoms with Crippen LogP contribution in [0.2, 0.25) is 10.0 Å². The largest absolute Gasteiger partial charge is 0.324 e. The van der Waals surface area contributed by atoms with Gasteiger partial charge in [0.2, 0.25) is 15.9 Å². The predicted molar refractivity (Wildman–Crippen MR) is 132 cm³/mol. The van der Waals surface area contributed by atoms with Gasteiger partial charge in [-0.2, -0.15) is 4.31 Å². The maximum absolute atomic E-state index is 13.4. The van der Waals surface area contributed by atoms with Gasteiger partial charge in [0.05, 0.1) is 27.6 Å². The van der Waals surface area contributed by atoms with E-state index < -0.39 is 27.4 Å². The van der Waals surface area contributed by atoms with Crippen molar-refractivity contribution in [2.75, 3.05) is 11.9 Å². The Kier molecular flexibility index (Phi) is 7.93. The minimum absolute atomic E-state index is 0.0162. The lowest BCUT2D eigenvalue weighted by atomic mass is 10.1. The second-order valence-corrected chi connectivity index (χ2v) is 10.4. The van der Waals surface area contributed by atoms with Crippen molar-refractivity contribution in [2.45, 2.75) is 25.3 Å². The van der Waals surface area contributed by atoms with Gasteiger partial charge in [-0.3, -0.25) is 14.9 Å². The number of sulfonamides is 1. The van der Waals surface area contributed by atoms with Gasteiger partial charge in [0, 0.05) is 22.7 Å². The first-order valence-electron chi connectivity index (χ1n) is 10.0. The standard InChI is InChI=1S/C23H21Cl2N3O5S/c1-15-6-10-19(11-7-15)34(32,33)27(13-17-8-9-18(24)12-20(17)25)14-23(29)26-21-4-3-5-22(16(21)2)28(30)31/h3-12H,13-14H2,1-2H3,(H,26,29). The van der Waals surface area contributed by atoms with Crippen molar-refractivity contribution < 1.29 is 18.1 Å². The zero-order valence-electron chi connectivity index (χ0n) is 18.3. The Balaban J connectivity index is 1.93. The van der Waals surface area contributed by atoms with E-state index in [9.17, 15) is 23.3 Å². The molecule has 0 fully saturated rings. The minimum Gasteiger partial charge on any atom is -0.324 e. The molecule has 1 amide bonds. The fourth-order valence-corrected chi connectivity index (χ4v) is 5.07. The Bertz CT molecular complexity index is 1350. The molecule has 3 aromatic carbocycles. The molecule has 0 saturated carbocycles. The molecule has 0 aliphatic carbocycles. The van der Waals surface area contributed by atoms with Crippen LogP contribution < -0.4 is 5.32 Å². The highest BCUT2D eigenvalue weighted by atomic mass is 35.5. The van der Waals surface area contributed by atoms with Crippen molar-refractivity contribution >= 4 is 50.5 Å². The lowest BCUT2D eigenvalue weighted by Gasteiger charge is -2.23. The number of benzene rings is 3. The number of hydrogen-bond donors (Lipinski definition) is 1. The molecule has 1 N–H and O–H groups in total. The third-order valence-electron chi connectivity index (χ3n) is 5.12. The average molecular weight is 522 g/mol. The summed E-state index contributed by atoms with van der Waals surface area (Å²) >= 11 is 12.2. The number of carbonyl (C=O) groups is 1. The average Bonchev–Trinajstić information content (AvgIpc) is 2.76. The second-order valence-electron chi connectivity index (χ2n) is 7.58. The van der Waals surface area contributed by atoms with Gasteiger partial charge in [-0.25, -0.2) is 8.42 Å². The third kappa shape index (κ3) is 5.92. The number of nitrogens with one attached hydrogen (secondary N) is 1. The van der Waals surface area contributed by atoms with Crippen LogP contribution in [-0.4, -0.2) is 30.1 Å². The molecule has 11 heteroatoms. The summed E-state index contributed by atoms with van der Waals surface area (Å²) < 4.78 is 27.8. The number of amides is 1. The Morgan fingerprint density at radius 3 is 2.35 bits per heavy atom. The number of nitro benzene ring substituents is 1. The third-order valence-corrected chi connectivity index (χ3v) is 7.51. The fourth-order valence-electron chi connectivity index (χ4n) is 3.23. The minimum atomic E-state index is -4.09. The number of anilines is 1. The second kappa shape index (κ2) is 10.5. The highest BCUT2D eigenvalue weighted by molar-refractivity contribution is 7.89. The Hall–Kier alpha value is -2.98. The van der Waals surface area contributed by atoms with Gasteiger partial charge in [-0.1, -0.05) is 53.0 Å². The van der Waals surface area contributed by atoms with Crippen molar-refractivity contribution in [3.8, 4) is 0 Å². The number of hydrogen-bond acceptors (Lipinski definition) is 5. The zero-order valence-corrected chi connectivity index (χ0v) is 20.6. The molecule has 3 aromatic rings. The molecule has 0 heterocycles. The molecule has 0 atom stereocenters. The number of rotatable bonds is 8. The summed E-state index contributed by atoms with van der Waals surface area (Å²) in [4.78, 5) is 23.5. The van der Waals surface area contributed by atoms with Gasteiger partial charge in [0.1, 0.15) is 0 Å². The van der Waals surface area contributed by atoms with Crippen LogP contribution in [0.25, 0.3) is 0 Å². The van der Waals surface area contributed by atoms with E-state index in [1.54, 1.807) is 24.3 Å². The van der Waals surface area contributed by atoms with Crippen molar-refractivity contribution in [3.05, 3.63) is 97.5 Å². The summed E-state index contributed by atoms with van der Waals surface area (Å²) in [6.07, 6.45) is 0. The summed E-state index contributed by atoms with van der Waals surface area (Å²) in [6, 6.07) is 15.2. The SMILES string of the molecule is Cc1ccc(S(=O)(=O)N(CC(=O)Nc2cccc([N+](=O)[O-])c2C)Cc2ccc(Cl)cc2Cl)cc1. The lowest BCUT2D eigenvalue weighted by molar-refractivity contribution is -0.385. The summed E-state index contributed by atoms with van der Waals surface area (Å²) in [5.74, 6) is -0.663. The molecule has 0 radical (unpaired) electrons. The zero-order chi connectivity index (χ0) is 25.0. The van der Waals surface area contributed by atoms with Crippen molar-refractivity contribution in [3.63, 3.8) is 0 Å². The number of aryl methyl sites for hydroxylation is 1. The van der Waals surface area contributed by atoms with E-state index in [0.717, 1.165) is 9.87 Å². The molecule has 0 aromatic heterocycles. The van der Waals surface area contributed by atoms with E-state index in [-0.39, 0.29) is 33.4 Å². The van der Waals surface area contributed by atoms with Gasteiger partial charge in [0.25, 0.3) is 5.69 Å². The Morgan fingerprint density at radius 2 is 1.74 bits per heavy atom. The molecule has 0 bridgehead atoms. The van der Waals surface area contributed by atoms with Crippen LogP contribution in [0.1, 0.15) is 16.7 Å². The molecule has 34 heavy (non-hydrogen) atoms. The van der Waals surface area contributed by atoms with E-state index in [4.69, 9.17) is 23.2 Å². The van der Waals surface area contributed by atoms with Crippen LogP contribution in [0.4, 0.5) is 11.4 Å². The number of halogens is 2. The summed E-state index contributed by atoms with van der Waals surface area (Å²) in [7, 11) is -4.09. The van der Waals surface area contributed by atoms with E-state index in [2.05, 4.69) is 5.32 Å². The topological polar surface area (TPSA) is 110 Å². The molecule has 0 aliphatic rings.